The molecule has 1 N–H and O–H groups in total. The number of aryl methyl sites for hydroxylation is 1. The van der Waals surface area contributed by atoms with Gasteiger partial charge >= 0.3 is 0 Å². The smallest absolute Gasteiger partial charge is 0.251 e. The normalized spacial score (nSPS) is 29.4. The number of para-hydroxylation sites is 1. The van der Waals surface area contributed by atoms with Crippen molar-refractivity contribution in [2.24, 2.45) is 11.8 Å². The number of carbonyl (C=O) groups is 3. The van der Waals surface area contributed by atoms with Crippen LogP contribution >= 0.6 is 23.4 Å². The Balaban J connectivity index is 1.44. The van der Waals surface area contributed by atoms with Crippen molar-refractivity contribution in [2.45, 2.75) is 49.1 Å². The second kappa shape index (κ2) is 11.9. The van der Waals surface area contributed by atoms with Crippen LogP contribution in [0, 0.1) is 18.8 Å². The van der Waals surface area contributed by atoms with Gasteiger partial charge in [-0.05, 0) is 69.5 Å². The van der Waals surface area contributed by atoms with Crippen LogP contribution < -0.4 is 14.5 Å². The second-order valence-electron chi connectivity index (χ2n) is 12.0. The van der Waals surface area contributed by atoms with Crippen molar-refractivity contribution >= 4 is 52.5 Å². The Morgan fingerprint density at radius 1 is 0.955 bits per heavy atom. The zero-order valence-corrected chi connectivity index (χ0v) is 26.8. The highest BCUT2D eigenvalue weighted by Crippen LogP contribution is 2.65. The van der Waals surface area contributed by atoms with Gasteiger partial charge < -0.3 is 24.5 Å². The summed E-state index contributed by atoms with van der Waals surface area (Å²) >= 11 is 8.22. The van der Waals surface area contributed by atoms with Gasteiger partial charge in [0.05, 0.1) is 33.9 Å². The fraction of sp³-hybridized carbons (Fsp3) is 0.441. The van der Waals surface area contributed by atoms with Gasteiger partial charge in [-0.1, -0.05) is 48.0 Å². The first kappa shape index (κ1) is 30.7. The molecule has 0 aliphatic carbocycles. The Kier molecular flexibility index (Phi) is 8.32. The van der Waals surface area contributed by atoms with Crippen LogP contribution in [-0.4, -0.2) is 76.1 Å². The highest BCUT2D eigenvalue weighted by molar-refractivity contribution is 8.02. The molecule has 1 unspecified atom stereocenters. The van der Waals surface area contributed by atoms with Gasteiger partial charge in [-0.2, -0.15) is 0 Å². The lowest BCUT2D eigenvalue weighted by molar-refractivity contribution is -0.139. The monoisotopic (exact) mass is 635 g/mol. The zero-order chi connectivity index (χ0) is 31.2. The maximum Gasteiger partial charge on any atom is 0.251 e. The molecule has 2 fully saturated rings. The number of rotatable bonds is 8. The van der Waals surface area contributed by atoms with Crippen molar-refractivity contribution in [2.75, 3.05) is 42.6 Å². The van der Waals surface area contributed by atoms with Crippen LogP contribution in [0.25, 0.3) is 0 Å². The first-order chi connectivity index (χ1) is 21.2. The second-order valence-corrected chi connectivity index (χ2v) is 14.2. The molecule has 10 heteroatoms. The number of aliphatic hydroxyl groups is 1. The molecule has 4 aliphatic rings. The summed E-state index contributed by atoms with van der Waals surface area (Å²) in [5.41, 5.74) is 2.23. The predicted octanol–water partition coefficient (Wildman–Crippen LogP) is 5.01. The topological polar surface area (TPSA) is 90.4 Å². The summed E-state index contributed by atoms with van der Waals surface area (Å²) in [5.74, 6) is -1.25. The number of anilines is 2. The van der Waals surface area contributed by atoms with E-state index in [0.29, 0.717) is 49.8 Å². The largest absolute Gasteiger partial charge is 0.494 e. The molecule has 0 aromatic heterocycles. The number of unbranched alkanes of at least 4 members (excludes halogenated alkanes) is 1. The molecule has 6 rings (SSSR count). The fourth-order valence-electron chi connectivity index (χ4n) is 7.44. The van der Waals surface area contributed by atoms with Gasteiger partial charge in [0.25, 0.3) is 5.91 Å². The molecule has 3 amide bonds. The molecular formula is C34H38ClN3O5S. The van der Waals surface area contributed by atoms with E-state index in [2.05, 4.69) is 6.08 Å². The van der Waals surface area contributed by atoms with E-state index in [1.165, 1.54) is 0 Å². The molecule has 2 saturated heterocycles. The average molecular weight is 636 g/mol. The van der Waals surface area contributed by atoms with E-state index in [1.807, 2.05) is 75.4 Å². The molecular weight excluding hydrogens is 598 g/mol. The van der Waals surface area contributed by atoms with Crippen molar-refractivity contribution in [3.63, 3.8) is 0 Å². The van der Waals surface area contributed by atoms with Crippen molar-refractivity contribution in [3.8, 4) is 5.75 Å². The SMILES string of the molecule is CCOc1ccc(N2CC=C[C@]3(C)S[C@]45C=CCN(c6c(C)cccc6Cl)C(=O)C4N(CCCCO)C(=O)[C@@H]5[C@@H]3C2=O)cc1. The Hall–Kier alpha value is -3.27. The predicted molar refractivity (Wildman–Crippen MR) is 174 cm³/mol. The van der Waals surface area contributed by atoms with Crippen molar-refractivity contribution in [1.29, 1.82) is 0 Å². The first-order valence-electron chi connectivity index (χ1n) is 15.2. The van der Waals surface area contributed by atoms with Crippen molar-refractivity contribution in [1.82, 2.24) is 4.90 Å². The number of amides is 3. The van der Waals surface area contributed by atoms with Crippen molar-refractivity contribution < 1.29 is 24.2 Å². The van der Waals surface area contributed by atoms with Gasteiger partial charge in [-0.25, -0.2) is 0 Å². The van der Waals surface area contributed by atoms with Crippen LogP contribution in [-0.2, 0) is 14.4 Å². The quantitative estimate of drug-likeness (QED) is 0.324. The Bertz CT molecular complexity index is 1510. The van der Waals surface area contributed by atoms with E-state index < -0.39 is 27.4 Å². The number of halogens is 1. The summed E-state index contributed by atoms with van der Waals surface area (Å²) in [7, 11) is 0. The number of fused-ring (bicyclic) bond motifs is 2. The van der Waals surface area contributed by atoms with Crippen molar-refractivity contribution in [3.05, 3.63) is 77.4 Å². The van der Waals surface area contributed by atoms with Gasteiger partial charge in [-0.15, -0.1) is 11.8 Å². The molecule has 8 nitrogen and oxygen atoms in total. The van der Waals surface area contributed by atoms with E-state index in [0.717, 1.165) is 17.0 Å². The van der Waals surface area contributed by atoms with Gasteiger partial charge in [0.1, 0.15) is 11.8 Å². The summed E-state index contributed by atoms with van der Waals surface area (Å²) < 4.78 is 3.93. The third-order valence-electron chi connectivity index (χ3n) is 9.28. The molecule has 5 atom stereocenters. The van der Waals surface area contributed by atoms with Crippen LogP contribution in [0.2, 0.25) is 5.02 Å². The Labute approximate surface area is 267 Å². The molecule has 0 radical (unpaired) electrons. The maximum absolute atomic E-state index is 14.7. The molecule has 1 spiro atoms. The molecule has 2 aromatic rings. The van der Waals surface area contributed by atoms with E-state index in [-0.39, 0.29) is 24.3 Å². The number of nitrogens with zero attached hydrogens (tertiary/aromatic N) is 3. The zero-order valence-electron chi connectivity index (χ0n) is 25.2. The maximum atomic E-state index is 14.7. The first-order valence-corrected chi connectivity index (χ1v) is 16.4. The molecule has 44 heavy (non-hydrogen) atoms. The molecule has 0 saturated carbocycles. The minimum absolute atomic E-state index is 0.00413. The number of likely N-dealkylation sites (tertiary alicyclic amines) is 1. The van der Waals surface area contributed by atoms with Gasteiger partial charge in [0, 0.05) is 36.7 Å². The summed E-state index contributed by atoms with van der Waals surface area (Å²) in [4.78, 5) is 49.0. The van der Waals surface area contributed by atoms with E-state index >= 15 is 0 Å². The van der Waals surface area contributed by atoms with Crippen LogP contribution in [0.1, 0.15) is 32.3 Å². The lowest BCUT2D eigenvalue weighted by Gasteiger charge is -2.37. The summed E-state index contributed by atoms with van der Waals surface area (Å²) in [6.07, 6.45) is 9.08. The number of ether oxygens (including phenoxy) is 1. The standard InChI is InChI=1S/C34H38ClN3O5S/c1-4-43-24-14-12-23(13-15-24)36-19-8-16-33(3)26(30(36)40)27-31(41)38(18-5-6-21-39)29-32(42)37(20-9-17-34(27,29)44-33)28-22(2)10-7-11-25(28)35/h7-17,26-27,29,39H,4-6,18-21H2,1-3H3/t26-,27+,29?,33+,34+/m1/s1. The lowest BCUT2D eigenvalue weighted by Crippen LogP contribution is -2.53. The molecule has 0 bridgehead atoms. The van der Waals surface area contributed by atoms with E-state index in [1.54, 1.807) is 32.5 Å². The summed E-state index contributed by atoms with van der Waals surface area (Å²) in [5, 5.41) is 9.98. The molecule has 4 aliphatic heterocycles. The number of hydrogen-bond acceptors (Lipinski definition) is 6. The Morgan fingerprint density at radius 2 is 1.68 bits per heavy atom. The minimum atomic E-state index is -0.960. The highest BCUT2D eigenvalue weighted by Gasteiger charge is 2.74. The van der Waals surface area contributed by atoms with Crippen LogP contribution in [0.4, 0.5) is 11.4 Å². The van der Waals surface area contributed by atoms with Gasteiger partial charge in [0.2, 0.25) is 11.8 Å². The van der Waals surface area contributed by atoms with Gasteiger partial charge in [-0.3, -0.25) is 14.4 Å². The van der Waals surface area contributed by atoms with E-state index in [9.17, 15) is 19.5 Å². The van der Waals surface area contributed by atoms with Crippen LogP contribution in [0.15, 0.2) is 66.8 Å². The highest BCUT2D eigenvalue weighted by atomic mass is 35.5. The number of aliphatic hydroxyl groups excluding tert-OH is 1. The lowest BCUT2D eigenvalue weighted by atomic mass is 9.74. The summed E-state index contributed by atoms with van der Waals surface area (Å²) in [6, 6.07) is 12.2. The summed E-state index contributed by atoms with van der Waals surface area (Å²) in [6.45, 7) is 7.40. The number of hydrogen-bond donors (Lipinski definition) is 1. The Morgan fingerprint density at radius 3 is 2.39 bits per heavy atom. The van der Waals surface area contributed by atoms with Crippen LogP contribution in [0.5, 0.6) is 5.75 Å². The number of thioether (sulfide) groups is 1. The third kappa shape index (κ3) is 4.84. The van der Waals surface area contributed by atoms with Gasteiger partial charge in [0.15, 0.2) is 0 Å². The third-order valence-corrected chi connectivity index (χ3v) is 11.4. The fourth-order valence-corrected chi connectivity index (χ4v) is 9.92. The van der Waals surface area contributed by atoms with E-state index in [4.69, 9.17) is 16.3 Å². The minimum Gasteiger partial charge on any atom is -0.494 e. The molecule has 2 aromatic carbocycles. The molecule has 232 valence electrons. The molecule has 4 heterocycles. The average Bonchev–Trinajstić information content (AvgIpc) is 3.26. The number of carbonyl (C=O) groups excluding carboxylic acids is 3. The number of benzene rings is 2. The van der Waals surface area contributed by atoms with Crippen LogP contribution in [0.3, 0.4) is 0 Å².